The predicted octanol–water partition coefficient (Wildman–Crippen LogP) is 1.73. The van der Waals surface area contributed by atoms with Gasteiger partial charge >= 0.3 is 0 Å². The Hall–Kier alpha value is -0.320. The van der Waals surface area contributed by atoms with Gasteiger partial charge < -0.3 is 15.4 Å². The van der Waals surface area contributed by atoms with Crippen molar-refractivity contribution < 1.29 is 9.53 Å². The Kier molecular flexibility index (Phi) is 6.57. The van der Waals surface area contributed by atoms with E-state index in [1.165, 1.54) is 6.42 Å². The minimum absolute atomic E-state index is 0. The van der Waals surface area contributed by atoms with E-state index >= 15 is 0 Å². The molecule has 0 bridgehead atoms. The van der Waals surface area contributed by atoms with Gasteiger partial charge in [-0.15, -0.1) is 12.4 Å². The van der Waals surface area contributed by atoms with E-state index in [-0.39, 0.29) is 23.7 Å². The van der Waals surface area contributed by atoms with Crippen LogP contribution < -0.4 is 10.6 Å². The van der Waals surface area contributed by atoms with Crippen LogP contribution in [0.1, 0.15) is 39.0 Å². The molecule has 0 spiro atoms. The number of methoxy groups -OCH3 is 1. The number of amides is 1. The van der Waals surface area contributed by atoms with E-state index in [4.69, 9.17) is 4.74 Å². The van der Waals surface area contributed by atoms with Gasteiger partial charge in [-0.2, -0.15) is 0 Å². The van der Waals surface area contributed by atoms with E-state index in [1.54, 1.807) is 7.11 Å². The molecule has 0 aromatic heterocycles. The molecule has 2 N–H and O–H groups in total. The average molecular weight is 291 g/mol. The second kappa shape index (κ2) is 7.46. The zero-order valence-electron chi connectivity index (χ0n) is 12.0. The molecule has 112 valence electrons. The Morgan fingerprint density at radius 3 is 2.74 bits per heavy atom. The quantitative estimate of drug-likeness (QED) is 0.811. The summed E-state index contributed by atoms with van der Waals surface area (Å²) >= 11 is 0. The molecular formula is C14H27ClN2O2. The number of hydrogen-bond donors (Lipinski definition) is 2. The maximum Gasteiger partial charge on any atom is 0.226 e. The van der Waals surface area contributed by atoms with Gasteiger partial charge in [0, 0.05) is 26.3 Å². The van der Waals surface area contributed by atoms with Crippen molar-refractivity contribution in [1.29, 1.82) is 0 Å². The van der Waals surface area contributed by atoms with Crippen LogP contribution in [-0.4, -0.2) is 38.8 Å². The first-order valence-corrected chi connectivity index (χ1v) is 7.18. The van der Waals surface area contributed by atoms with E-state index in [0.717, 1.165) is 38.8 Å². The Bertz CT molecular complexity index is 295. The number of carbonyl (C=O) groups excluding carboxylic acids is 1. The maximum absolute atomic E-state index is 12.5. The number of carbonyl (C=O) groups is 1. The molecular weight excluding hydrogens is 264 g/mol. The molecule has 1 amide bonds. The lowest BCUT2D eigenvalue weighted by Gasteiger charge is -2.42. The number of halogens is 1. The summed E-state index contributed by atoms with van der Waals surface area (Å²) in [4.78, 5) is 12.5. The fraction of sp³-hybridized carbons (Fsp3) is 0.929. The predicted molar refractivity (Wildman–Crippen MR) is 78.6 cm³/mol. The molecule has 1 saturated carbocycles. The smallest absolute Gasteiger partial charge is 0.226 e. The third-order valence-electron chi connectivity index (χ3n) is 4.72. The highest BCUT2D eigenvalue weighted by molar-refractivity contribution is 5.85. The van der Waals surface area contributed by atoms with Crippen molar-refractivity contribution in [2.24, 2.45) is 11.3 Å². The van der Waals surface area contributed by atoms with Gasteiger partial charge in [0.2, 0.25) is 5.91 Å². The highest BCUT2D eigenvalue weighted by atomic mass is 35.5. The van der Waals surface area contributed by atoms with Crippen LogP contribution >= 0.6 is 12.4 Å². The lowest BCUT2D eigenvalue weighted by molar-refractivity contribution is -0.138. The third-order valence-corrected chi connectivity index (χ3v) is 4.72. The summed E-state index contributed by atoms with van der Waals surface area (Å²) in [5.74, 6) is 0.834. The molecule has 1 aliphatic carbocycles. The molecule has 1 aliphatic heterocycles. The lowest BCUT2D eigenvalue weighted by Crippen LogP contribution is -2.55. The Morgan fingerprint density at radius 1 is 1.47 bits per heavy atom. The molecule has 0 aromatic rings. The van der Waals surface area contributed by atoms with Crippen molar-refractivity contribution in [2.75, 3.05) is 26.8 Å². The summed E-state index contributed by atoms with van der Waals surface area (Å²) in [5.41, 5.74) is -0.132. The zero-order chi connectivity index (χ0) is 13.0. The molecule has 2 unspecified atom stereocenters. The summed E-state index contributed by atoms with van der Waals surface area (Å²) in [6.07, 6.45) is 5.24. The van der Waals surface area contributed by atoms with E-state index in [0.29, 0.717) is 18.6 Å². The van der Waals surface area contributed by atoms with Gasteiger partial charge in [0.15, 0.2) is 0 Å². The number of ether oxygens (including phenoxy) is 1. The third kappa shape index (κ3) is 3.83. The highest BCUT2D eigenvalue weighted by Crippen LogP contribution is 2.44. The number of nitrogens with one attached hydrogen (secondary N) is 2. The molecule has 1 saturated heterocycles. The van der Waals surface area contributed by atoms with Gasteiger partial charge in [0.25, 0.3) is 0 Å². The molecule has 5 heteroatoms. The fourth-order valence-corrected chi connectivity index (χ4v) is 3.00. The van der Waals surface area contributed by atoms with Crippen LogP contribution in [0.2, 0.25) is 0 Å². The van der Waals surface area contributed by atoms with Gasteiger partial charge in [0.05, 0.1) is 5.41 Å². The maximum atomic E-state index is 12.5. The van der Waals surface area contributed by atoms with Crippen LogP contribution in [0.5, 0.6) is 0 Å². The highest BCUT2D eigenvalue weighted by Gasteiger charge is 2.44. The van der Waals surface area contributed by atoms with E-state index in [2.05, 4.69) is 17.6 Å². The van der Waals surface area contributed by atoms with Crippen molar-refractivity contribution >= 4 is 18.3 Å². The lowest BCUT2D eigenvalue weighted by atomic mass is 9.66. The molecule has 2 rings (SSSR count). The standard InChI is InChI=1S/C14H26N2O2.ClH/c1-11-4-8-15-10-12(11)16-13(17)14(5-3-6-14)7-9-18-2;/h11-12,15H,3-10H2,1-2H3,(H,16,17);1H. The molecule has 0 aromatic carbocycles. The topological polar surface area (TPSA) is 50.4 Å². The van der Waals surface area contributed by atoms with Crippen molar-refractivity contribution in [3.05, 3.63) is 0 Å². The van der Waals surface area contributed by atoms with Crippen LogP contribution in [-0.2, 0) is 9.53 Å². The van der Waals surface area contributed by atoms with Crippen LogP contribution in [0.15, 0.2) is 0 Å². The number of hydrogen-bond acceptors (Lipinski definition) is 3. The van der Waals surface area contributed by atoms with Crippen LogP contribution in [0.3, 0.4) is 0 Å². The van der Waals surface area contributed by atoms with Gasteiger partial charge in [-0.25, -0.2) is 0 Å². The number of piperidine rings is 1. The first-order valence-electron chi connectivity index (χ1n) is 7.18. The van der Waals surface area contributed by atoms with Crippen molar-refractivity contribution in [3.63, 3.8) is 0 Å². The molecule has 4 nitrogen and oxygen atoms in total. The van der Waals surface area contributed by atoms with Crippen molar-refractivity contribution in [1.82, 2.24) is 10.6 Å². The minimum atomic E-state index is -0.132. The van der Waals surface area contributed by atoms with Gasteiger partial charge in [0.1, 0.15) is 0 Å². The average Bonchev–Trinajstić information content (AvgIpc) is 2.31. The SMILES string of the molecule is COCCC1(C(=O)NC2CNCCC2C)CCC1.Cl. The molecule has 2 atom stereocenters. The zero-order valence-corrected chi connectivity index (χ0v) is 12.9. The van der Waals surface area contributed by atoms with Gasteiger partial charge in [-0.05, 0) is 38.1 Å². The minimum Gasteiger partial charge on any atom is -0.385 e. The van der Waals surface area contributed by atoms with E-state index in [1.807, 2.05) is 0 Å². The molecule has 19 heavy (non-hydrogen) atoms. The monoisotopic (exact) mass is 290 g/mol. The normalized spacial score (nSPS) is 28.9. The summed E-state index contributed by atoms with van der Waals surface area (Å²) in [6.45, 7) is 4.90. The summed E-state index contributed by atoms with van der Waals surface area (Å²) in [6, 6.07) is 0.297. The molecule has 2 fully saturated rings. The summed E-state index contributed by atoms with van der Waals surface area (Å²) in [5, 5.41) is 6.63. The molecule has 1 heterocycles. The fourth-order valence-electron chi connectivity index (χ4n) is 3.00. The Labute approximate surface area is 122 Å². The largest absolute Gasteiger partial charge is 0.385 e. The van der Waals surface area contributed by atoms with Crippen molar-refractivity contribution in [3.8, 4) is 0 Å². The van der Waals surface area contributed by atoms with E-state index < -0.39 is 0 Å². The Morgan fingerprint density at radius 2 is 2.21 bits per heavy atom. The van der Waals surface area contributed by atoms with E-state index in [9.17, 15) is 4.79 Å². The number of rotatable bonds is 5. The first-order chi connectivity index (χ1) is 8.68. The molecule has 0 radical (unpaired) electrons. The van der Waals surface area contributed by atoms with Crippen LogP contribution in [0.4, 0.5) is 0 Å². The Balaban J connectivity index is 0.00000180. The van der Waals surface area contributed by atoms with Crippen LogP contribution in [0, 0.1) is 11.3 Å². The second-order valence-corrected chi connectivity index (χ2v) is 5.93. The summed E-state index contributed by atoms with van der Waals surface area (Å²) < 4.78 is 5.14. The summed E-state index contributed by atoms with van der Waals surface area (Å²) in [7, 11) is 1.71. The van der Waals surface area contributed by atoms with Gasteiger partial charge in [-0.1, -0.05) is 13.3 Å². The second-order valence-electron chi connectivity index (χ2n) is 5.93. The van der Waals surface area contributed by atoms with Crippen LogP contribution in [0.25, 0.3) is 0 Å². The first kappa shape index (κ1) is 16.7. The van der Waals surface area contributed by atoms with Gasteiger partial charge in [-0.3, -0.25) is 4.79 Å². The molecule has 2 aliphatic rings. The van der Waals surface area contributed by atoms with Crippen molar-refractivity contribution in [2.45, 2.75) is 45.1 Å².